The third-order valence-corrected chi connectivity index (χ3v) is 2.21. The number of hydrogen-bond donors (Lipinski definition) is 1. The van der Waals surface area contributed by atoms with Crippen LogP contribution in [0, 0.1) is 0 Å². The summed E-state index contributed by atoms with van der Waals surface area (Å²) < 4.78 is 24.6. The molecule has 0 aliphatic rings. The molecule has 76 valence electrons. The molecule has 1 heterocycles. The second-order valence-electron chi connectivity index (χ2n) is 2.52. The van der Waals surface area contributed by atoms with Crippen LogP contribution in [-0.4, -0.2) is 16.1 Å². The Labute approximate surface area is 86.9 Å². The predicted molar refractivity (Wildman–Crippen MR) is 48.8 cm³/mol. The first-order valence-corrected chi connectivity index (χ1v) is 4.74. The topological polar surface area (TPSA) is 50.2 Å². The molecule has 0 fully saturated rings. The second-order valence-corrected chi connectivity index (χ2v) is 3.08. The van der Waals surface area contributed by atoms with Gasteiger partial charge in [-0.1, -0.05) is 15.9 Å². The minimum atomic E-state index is -2.87. The van der Waals surface area contributed by atoms with Crippen molar-refractivity contribution in [1.82, 2.24) is 4.98 Å². The summed E-state index contributed by atoms with van der Waals surface area (Å²) in [7, 11) is 0. The molecule has 1 aromatic rings. The van der Waals surface area contributed by atoms with Crippen molar-refractivity contribution in [1.29, 1.82) is 0 Å². The van der Waals surface area contributed by atoms with Gasteiger partial charge in [0.15, 0.2) is 0 Å². The molecular formula is C8H6BrF2NO2. The van der Waals surface area contributed by atoms with E-state index in [0.717, 1.165) is 0 Å². The predicted octanol–water partition coefficient (Wildman–Crippen LogP) is 2.61. The monoisotopic (exact) mass is 265 g/mol. The van der Waals surface area contributed by atoms with Gasteiger partial charge in [-0.05, 0) is 11.6 Å². The minimum absolute atomic E-state index is 0.379. The first kappa shape index (κ1) is 11.0. The van der Waals surface area contributed by atoms with Crippen LogP contribution in [-0.2, 0) is 5.33 Å². The fourth-order valence-electron chi connectivity index (χ4n) is 0.937. The van der Waals surface area contributed by atoms with Crippen LogP contribution in [0.4, 0.5) is 8.78 Å². The number of nitrogens with zero attached hydrogens (tertiary/aromatic N) is 1. The van der Waals surface area contributed by atoms with Crippen molar-refractivity contribution in [2.45, 2.75) is 11.8 Å². The Morgan fingerprint density at radius 3 is 2.71 bits per heavy atom. The Kier molecular flexibility index (Phi) is 3.51. The van der Waals surface area contributed by atoms with Gasteiger partial charge < -0.3 is 5.11 Å². The highest BCUT2D eigenvalue weighted by Gasteiger charge is 2.19. The lowest BCUT2D eigenvalue weighted by Gasteiger charge is -2.04. The number of hydrogen-bond acceptors (Lipinski definition) is 2. The number of alkyl halides is 3. The molecule has 3 nitrogen and oxygen atoms in total. The molecule has 0 unspecified atom stereocenters. The van der Waals surface area contributed by atoms with Crippen molar-refractivity contribution < 1.29 is 18.7 Å². The largest absolute Gasteiger partial charge is 0.478 e. The van der Waals surface area contributed by atoms with E-state index < -0.39 is 23.7 Å². The Morgan fingerprint density at radius 1 is 1.64 bits per heavy atom. The van der Waals surface area contributed by atoms with Gasteiger partial charge in [-0.15, -0.1) is 0 Å². The number of aromatic nitrogens is 1. The summed E-state index contributed by atoms with van der Waals surface area (Å²) in [6.07, 6.45) is -1.65. The highest BCUT2D eigenvalue weighted by Crippen LogP contribution is 2.22. The lowest BCUT2D eigenvalue weighted by Crippen LogP contribution is -2.06. The standard InChI is InChI=1S/C8H6BrF2NO2/c9-2-4-1-5(8(13)14)6(7(10)11)12-3-4/h1,3,7H,2H2,(H,13,14). The second kappa shape index (κ2) is 4.45. The SMILES string of the molecule is O=C(O)c1cc(CBr)cnc1C(F)F. The summed E-state index contributed by atoms with van der Waals surface area (Å²) in [5.41, 5.74) is -0.592. The van der Waals surface area contributed by atoms with E-state index in [4.69, 9.17) is 5.11 Å². The van der Waals surface area contributed by atoms with Gasteiger partial charge >= 0.3 is 5.97 Å². The Bertz CT molecular complexity index is 357. The fraction of sp³-hybridized carbons (Fsp3) is 0.250. The van der Waals surface area contributed by atoms with Gasteiger partial charge in [0.05, 0.1) is 5.56 Å². The van der Waals surface area contributed by atoms with Gasteiger partial charge in [-0.2, -0.15) is 0 Å². The van der Waals surface area contributed by atoms with E-state index in [-0.39, 0.29) is 0 Å². The molecular weight excluding hydrogens is 260 g/mol. The molecule has 0 amide bonds. The molecule has 6 heteroatoms. The number of pyridine rings is 1. The first-order chi connectivity index (χ1) is 6.56. The van der Waals surface area contributed by atoms with Gasteiger partial charge in [0.1, 0.15) is 5.69 Å². The average Bonchev–Trinajstić information content (AvgIpc) is 2.16. The summed E-state index contributed by atoms with van der Waals surface area (Å²) >= 11 is 3.08. The molecule has 1 rings (SSSR count). The van der Waals surface area contributed by atoms with Gasteiger partial charge in [0, 0.05) is 11.5 Å². The van der Waals surface area contributed by atoms with Crippen molar-refractivity contribution in [2.75, 3.05) is 0 Å². The highest BCUT2D eigenvalue weighted by molar-refractivity contribution is 9.08. The number of rotatable bonds is 3. The summed E-state index contributed by atoms with van der Waals surface area (Å²) in [4.78, 5) is 14.0. The molecule has 0 bridgehead atoms. The summed E-state index contributed by atoms with van der Waals surface area (Å²) in [6, 6.07) is 1.19. The normalized spacial score (nSPS) is 10.6. The van der Waals surface area contributed by atoms with Crippen LogP contribution in [0.5, 0.6) is 0 Å². The van der Waals surface area contributed by atoms with Gasteiger partial charge in [0.2, 0.25) is 0 Å². The number of carboxylic acid groups (broad SMARTS) is 1. The van der Waals surface area contributed by atoms with E-state index in [1.807, 2.05) is 0 Å². The third-order valence-electron chi connectivity index (χ3n) is 1.57. The Morgan fingerprint density at radius 2 is 2.29 bits per heavy atom. The lowest BCUT2D eigenvalue weighted by atomic mass is 10.1. The maximum absolute atomic E-state index is 12.3. The van der Waals surface area contributed by atoms with Crippen molar-refractivity contribution in [3.63, 3.8) is 0 Å². The van der Waals surface area contributed by atoms with Crippen molar-refractivity contribution in [2.24, 2.45) is 0 Å². The quantitative estimate of drug-likeness (QED) is 0.855. The van der Waals surface area contributed by atoms with E-state index in [1.54, 1.807) is 0 Å². The number of halogens is 3. The smallest absolute Gasteiger partial charge is 0.337 e. The number of carbonyl (C=O) groups is 1. The lowest BCUT2D eigenvalue weighted by molar-refractivity contribution is 0.0682. The average molecular weight is 266 g/mol. The fourth-order valence-corrected chi connectivity index (χ4v) is 1.24. The number of aromatic carboxylic acids is 1. The molecule has 0 aliphatic carbocycles. The third kappa shape index (κ3) is 2.25. The van der Waals surface area contributed by atoms with Crippen LogP contribution in [0.15, 0.2) is 12.3 Å². The summed E-state index contributed by atoms with van der Waals surface area (Å²) in [6.45, 7) is 0. The molecule has 14 heavy (non-hydrogen) atoms. The van der Waals surface area contributed by atoms with Crippen LogP contribution in [0.2, 0.25) is 0 Å². The molecule has 1 aromatic heterocycles. The molecule has 0 radical (unpaired) electrons. The minimum Gasteiger partial charge on any atom is -0.478 e. The van der Waals surface area contributed by atoms with Crippen LogP contribution in [0.3, 0.4) is 0 Å². The molecule has 0 atom stereocenters. The molecule has 0 spiro atoms. The van der Waals surface area contributed by atoms with E-state index >= 15 is 0 Å². The van der Waals surface area contributed by atoms with Gasteiger partial charge in [-0.3, -0.25) is 4.98 Å². The van der Waals surface area contributed by atoms with Gasteiger partial charge in [0.25, 0.3) is 6.43 Å². The summed E-state index contributed by atoms with van der Waals surface area (Å²) in [5, 5.41) is 9.02. The number of carboxylic acids is 1. The Hall–Kier alpha value is -1.04. The van der Waals surface area contributed by atoms with Crippen molar-refractivity contribution in [3.8, 4) is 0 Å². The zero-order chi connectivity index (χ0) is 10.7. The zero-order valence-corrected chi connectivity index (χ0v) is 8.46. The molecule has 0 saturated carbocycles. The maximum atomic E-state index is 12.3. The van der Waals surface area contributed by atoms with Crippen molar-refractivity contribution in [3.05, 3.63) is 29.1 Å². The van der Waals surface area contributed by atoms with E-state index in [0.29, 0.717) is 10.9 Å². The van der Waals surface area contributed by atoms with Crippen LogP contribution in [0.1, 0.15) is 28.0 Å². The van der Waals surface area contributed by atoms with Crippen LogP contribution >= 0.6 is 15.9 Å². The molecule has 0 aromatic carbocycles. The van der Waals surface area contributed by atoms with Crippen LogP contribution < -0.4 is 0 Å². The zero-order valence-electron chi connectivity index (χ0n) is 6.88. The van der Waals surface area contributed by atoms with Crippen LogP contribution in [0.25, 0.3) is 0 Å². The van der Waals surface area contributed by atoms with Crippen molar-refractivity contribution >= 4 is 21.9 Å². The summed E-state index contributed by atoms with van der Waals surface area (Å²) in [5.74, 6) is -1.39. The van der Waals surface area contributed by atoms with E-state index in [1.165, 1.54) is 12.3 Å². The first-order valence-electron chi connectivity index (χ1n) is 3.62. The van der Waals surface area contributed by atoms with E-state index in [2.05, 4.69) is 20.9 Å². The van der Waals surface area contributed by atoms with E-state index in [9.17, 15) is 13.6 Å². The molecule has 0 saturated heterocycles. The molecule has 0 aliphatic heterocycles. The molecule has 1 N–H and O–H groups in total. The maximum Gasteiger partial charge on any atom is 0.337 e. The van der Waals surface area contributed by atoms with Gasteiger partial charge in [-0.25, -0.2) is 13.6 Å². The highest BCUT2D eigenvalue weighted by atomic mass is 79.9. The Balaban J connectivity index is 3.24.